The number of rotatable bonds is 1. The van der Waals surface area contributed by atoms with Crippen LogP contribution < -0.4 is 5.73 Å². The van der Waals surface area contributed by atoms with Gasteiger partial charge in [0.05, 0.1) is 12.2 Å². The van der Waals surface area contributed by atoms with Crippen molar-refractivity contribution in [1.82, 2.24) is 4.90 Å². The van der Waals surface area contributed by atoms with Crippen LogP contribution in [0.5, 0.6) is 0 Å². The molecule has 0 aromatic heterocycles. The Morgan fingerprint density at radius 1 is 1.33 bits per heavy atom. The Balaban J connectivity index is 1.84. The zero-order valence-electron chi connectivity index (χ0n) is 10.6. The summed E-state index contributed by atoms with van der Waals surface area (Å²) in [6, 6.07) is 5.50. The fourth-order valence-electron chi connectivity index (χ4n) is 2.82. The smallest absolute Gasteiger partial charge is 0.254 e. The van der Waals surface area contributed by atoms with E-state index in [2.05, 4.69) is 0 Å². The lowest BCUT2D eigenvalue weighted by molar-refractivity contribution is -0.0303. The number of hydrogen-bond donors (Lipinski definition) is 1. The molecule has 1 amide bonds. The van der Waals surface area contributed by atoms with E-state index in [4.69, 9.17) is 10.5 Å². The Morgan fingerprint density at radius 3 is 2.67 bits per heavy atom. The molecule has 0 radical (unpaired) electrons. The maximum atomic E-state index is 12.5. The van der Waals surface area contributed by atoms with Crippen LogP contribution in [0.4, 0.5) is 5.69 Å². The Morgan fingerprint density at radius 2 is 2.00 bits per heavy atom. The standard InChI is InChI=1S/C14H18N2O2/c1-9-2-3-10(15)6-13(9)14(17)16-7-11-4-5-12(8-16)18-11/h2-3,6,11-12H,4-5,7-8,15H2,1H3. The average Bonchev–Trinajstić information content (AvgIpc) is 2.70. The van der Waals surface area contributed by atoms with Gasteiger partial charge in [0.15, 0.2) is 0 Å². The van der Waals surface area contributed by atoms with E-state index in [1.165, 1.54) is 0 Å². The van der Waals surface area contributed by atoms with Crippen molar-refractivity contribution >= 4 is 11.6 Å². The van der Waals surface area contributed by atoms with E-state index in [-0.39, 0.29) is 18.1 Å². The third kappa shape index (κ3) is 1.97. The fraction of sp³-hybridized carbons (Fsp3) is 0.500. The number of amides is 1. The third-order valence-electron chi connectivity index (χ3n) is 3.82. The van der Waals surface area contributed by atoms with E-state index < -0.39 is 0 Å². The molecule has 0 saturated carbocycles. The molecule has 2 saturated heterocycles. The van der Waals surface area contributed by atoms with Gasteiger partial charge in [-0.2, -0.15) is 0 Å². The number of likely N-dealkylation sites (tertiary alicyclic amines) is 1. The van der Waals surface area contributed by atoms with Crippen LogP contribution in [0.25, 0.3) is 0 Å². The SMILES string of the molecule is Cc1ccc(N)cc1C(=O)N1CC2CCC(C1)O2. The first-order chi connectivity index (χ1) is 8.63. The van der Waals surface area contributed by atoms with Crippen LogP contribution in [0.15, 0.2) is 18.2 Å². The van der Waals surface area contributed by atoms with Crippen LogP contribution in [-0.4, -0.2) is 36.1 Å². The van der Waals surface area contributed by atoms with Gasteiger partial charge >= 0.3 is 0 Å². The fourth-order valence-corrected chi connectivity index (χ4v) is 2.82. The van der Waals surface area contributed by atoms with E-state index in [1.54, 1.807) is 6.07 Å². The molecule has 0 aliphatic carbocycles. The normalized spacial score (nSPS) is 26.4. The first-order valence-electron chi connectivity index (χ1n) is 6.44. The highest BCUT2D eigenvalue weighted by atomic mass is 16.5. The predicted molar refractivity (Wildman–Crippen MR) is 69.4 cm³/mol. The Labute approximate surface area is 107 Å². The lowest BCUT2D eigenvalue weighted by atomic mass is 10.1. The van der Waals surface area contributed by atoms with Crippen molar-refractivity contribution in [2.24, 2.45) is 0 Å². The molecule has 0 spiro atoms. The molecule has 2 heterocycles. The number of hydrogen-bond acceptors (Lipinski definition) is 3. The molecule has 3 rings (SSSR count). The second-order valence-electron chi connectivity index (χ2n) is 5.24. The number of morpholine rings is 1. The summed E-state index contributed by atoms with van der Waals surface area (Å²) < 4.78 is 5.75. The number of benzene rings is 1. The number of carbonyl (C=O) groups excluding carboxylic acids is 1. The minimum atomic E-state index is 0.0833. The lowest BCUT2D eigenvalue weighted by Crippen LogP contribution is -2.46. The minimum Gasteiger partial charge on any atom is -0.399 e. The number of carbonyl (C=O) groups is 1. The summed E-state index contributed by atoms with van der Waals surface area (Å²) >= 11 is 0. The van der Waals surface area contributed by atoms with Gasteiger partial charge in [0.2, 0.25) is 0 Å². The predicted octanol–water partition coefficient (Wildman–Crippen LogP) is 1.58. The van der Waals surface area contributed by atoms with Gasteiger partial charge in [-0.15, -0.1) is 0 Å². The number of nitrogens with two attached hydrogens (primary N) is 1. The second kappa shape index (κ2) is 4.28. The summed E-state index contributed by atoms with van der Waals surface area (Å²) in [6.07, 6.45) is 2.61. The maximum absolute atomic E-state index is 12.5. The quantitative estimate of drug-likeness (QED) is 0.765. The summed E-state index contributed by atoms with van der Waals surface area (Å²) in [6.45, 7) is 3.37. The van der Waals surface area contributed by atoms with Crippen molar-refractivity contribution in [3.05, 3.63) is 29.3 Å². The summed E-state index contributed by atoms with van der Waals surface area (Å²) in [7, 11) is 0. The van der Waals surface area contributed by atoms with Crippen LogP contribution in [0, 0.1) is 6.92 Å². The summed E-state index contributed by atoms with van der Waals surface area (Å²) in [5, 5.41) is 0. The van der Waals surface area contributed by atoms with Crippen LogP contribution in [0.3, 0.4) is 0 Å². The van der Waals surface area contributed by atoms with Crippen molar-refractivity contribution in [3.63, 3.8) is 0 Å². The molecule has 2 aliphatic heterocycles. The number of ether oxygens (including phenoxy) is 1. The molecule has 2 unspecified atom stereocenters. The number of aryl methyl sites for hydroxylation is 1. The Bertz CT molecular complexity index is 475. The molecule has 2 atom stereocenters. The zero-order valence-corrected chi connectivity index (χ0v) is 10.6. The van der Waals surface area contributed by atoms with E-state index in [9.17, 15) is 4.79 Å². The first kappa shape index (κ1) is 11.5. The van der Waals surface area contributed by atoms with Gasteiger partial charge in [-0.25, -0.2) is 0 Å². The molecule has 4 nitrogen and oxygen atoms in total. The molecule has 2 fully saturated rings. The van der Waals surface area contributed by atoms with Gasteiger partial charge in [-0.1, -0.05) is 6.07 Å². The number of nitrogen functional groups attached to an aromatic ring is 1. The summed E-state index contributed by atoms with van der Waals surface area (Å²) in [4.78, 5) is 14.4. The molecule has 1 aromatic carbocycles. The minimum absolute atomic E-state index is 0.0833. The van der Waals surface area contributed by atoms with Crippen LogP contribution in [0.2, 0.25) is 0 Å². The highest BCUT2D eigenvalue weighted by Crippen LogP contribution is 2.27. The van der Waals surface area contributed by atoms with Gasteiger partial charge in [0.1, 0.15) is 0 Å². The molecule has 2 bridgehead atoms. The zero-order chi connectivity index (χ0) is 12.7. The first-order valence-corrected chi connectivity index (χ1v) is 6.44. The highest BCUT2D eigenvalue weighted by molar-refractivity contribution is 5.96. The Kier molecular flexibility index (Phi) is 2.74. The van der Waals surface area contributed by atoms with Crippen molar-refractivity contribution < 1.29 is 9.53 Å². The summed E-state index contributed by atoms with van der Waals surface area (Å²) in [5.41, 5.74) is 8.10. The van der Waals surface area contributed by atoms with Gasteiger partial charge in [0.25, 0.3) is 5.91 Å². The number of anilines is 1. The van der Waals surface area contributed by atoms with Crippen LogP contribution in [-0.2, 0) is 4.74 Å². The van der Waals surface area contributed by atoms with Gasteiger partial charge in [-0.3, -0.25) is 4.79 Å². The van der Waals surface area contributed by atoms with Crippen molar-refractivity contribution in [3.8, 4) is 0 Å². The topological polar surface area (TPSA) is 55.6 Å². The van der Waals surface area contributed by atoms with Crippen LogP contribution in [0.1, 0.15) is 28.8 Å². The van der Waals surface area contributed by atoms with E-state index in [0.717, 1.165) is 24.0 Å². The monoisotopic (exact) mass is 246 g/mol. The van der Waals surface area contributed by atoms with Crippen molar-refractivity contribution in [2.45, 2.75) is 32.0 Å². The Hall–Kier alpha value is -1.55. The molecule has 18 heavy (non-hydrogen) atoms. The van der Waals surface area contributed by atoms with Crippen molar-refractivity contribution in [1.29, 1.82) is 0 Å². The van der Waals surface area contributed by atoms with Gasteiger partial charge in [0, 0.05) is 24.3 Å². The van der Waals surface area contributed by atoms with Gasteiger partial charge < -0.3 is 15.4 Å². The molecular weight excluding hydrogens is 228 g/mol. The van der Waals surface area contributed by atoms with E-state index in [1.807, 2.05) is 24.0 Å². The molecular formula is C14H18N2O2. The molecule has 1 aromatic rings. The summed E-state index contributed by atoms with van der Waals surface area (Å²) in [5.74, 6) is 0.0833. The molecule has 4 heteroatoms. The van der Waals surface area contributed by atoms with E-state index in [0.29, 0.717) is 18.8 Å². The maximum Gasteiger partial charge on any atom is 0.254 e. The largest absolute Gasteiger partial charge is 0.399 e. The van der Waals surface area contributed by atoms with Crippen molar-refractivity contribution in [2.75, 3.05) is 18.8 Å². The van der Waals surface area contributed by atoms with Crippen LogP contribution >= 0.6 is 0 Å². The molecule has 2 aliphatic rings. The average molecular weight is 246 g/mol. The molecule has 2 N–H and O–H groups in total. The number of fused-ring (bicyclic) bond motifs is 2. The second-order valence-corrected chi connectivity index (χ2v) is 5.24. The molecule has 96 valence electrons. The number of nitrogens with zero attached hydrogens (tertiary/aromatic N) is 1. The lowest BCUT2D eigenvalue weighted by Gasteiger charge is -2.32. The third-order valence-corrected chi connectivity index (χ3v) is 3.82. The van der Waals surface area contributed by atoms with Gasteiger partial charge in [-0.05, 0) is 37.5 Å². The highest BCUT2D eigenvalue weighted by Gasteiger charge is 2.36. The van der Waals surface area contributed by atoms with E-state index >= 15 is 0 Å².